The standard InChI is InChI=1S/C21H23N3O4S/c1-13(25)24-8-6-14(7-9-24)20(26)23-21-16(11-22)17(12-29-21)15-4-5-18(27-2)19(10-15)28-3/h4-5,10,12,14H,6-9H2,1-3H3,(H,23,26). The zero-order valence-corrected chi connectivity index (χ0v) is 17.5. The van der Waals surface area contributed by atoms with Crippen molar-refractivity contribution >= 4 is 28.2 Å². The van der Waals surface area contributed by atoms with Gasteiger partial charge >= 0.3 is 0 Å². The lowest BCUT2D eigenvalue weighted by Gasteiger charge is -2.30. The van der Waals surface area contributed by atoms with Crippen molar-refractivity contribution in [3.8, 4) is 28.7 Å². The van der Waals surface area contributed by atoms with E-state index in [1.807, 2.05) is 17.5 Å². The summed E-state index contributed by atoms with van der Waals surface area (Å²) < 4.78 is 10.6. The van der Waals surface area contributed by atoms with Crippen molar-refractivity contribution in [3.05, 3.63) is 29.1 Å². The second-order valence-corrected chi connectivity index (χ2v) is 7.68. The van der Waals surface area contributed by atoms with Gasteiger partial charge in [0.1, 0.15) is 11.1 Å². The maximum Gasteiger partial charge on any atom is 0.228 e. The van der Waals surface area contributed by atoms with Crippen molar-refractivity contribution in [1.29, 1.82) is 5.26 Å². The van der Waals surface area contributed by atoms with E-state index in [2.05, 4.69) is 11.4 Å². The van der Waals surface area contributed by atoms with E-state index in [0.29, 0.717) is 48.0 Å². The number of methoxy groups -OCH3 is 2. The summed E-state index contributed by atoms with van der Waals surface area (Å²) in [5.41, 5.74) is 1.97. The molecule has 1 aliphatic heterocycles. The average molecular weight is 413 g/mol. The molecule has 3 rings (SSSR count). The fraction of sp³-hybridized carbons (Fsp3) is 0.381. The van der Waals surface area contributed by atoms with Crippen molar-refractivity contribution in [2.24, 2.45) is 5.92 Å². The van der Waals surface area contributed by atoms with Gasteiger partial charge in [0.2, 0.25) is 11.8 Å². The van der Waals surface area contributed by atoms with Crippen LogP contribution in [0.1, 0.15) is 25.3 Å². The number of hydrogen-bond acceptors (Lipinski definition) is 6. The molecule has 1 N–H and O–H groups in total. The lowest BCUT2D eigenvalue weighted by molar-refractivity contribution is -0.132. The highest BCUT2D eigenvalue weighted by molar-refractivity contribution is 7.15. The normalized spacial score (nSPS) is 14.2. The van der Waals surface area contributed by atoms with Gasteiger partial charge in [-0.05, 0) is 30.5 Å². The summed E-state index contributed by atoms with van der Waals surface area (Å²) in [5.74, 6) is 0.945. The topological polar surface area (TPSA) is 91.7 Å². The van der Waals surface area contributed by atoms with Crippen molar-refractivity contribution in [2.75, 3.05) is 32.6 Å². The first-order valence-electron chi connectivity index (χ1n) is 9.28. The van der Waals surface area contributed by atoms with E-state index < -0.39 is 0 Å². The monoisotopic (exact) mass is 413 g/mol. The van der Waals surface area contributed by atoms with E-state index in [1.54, 1.807) is 32.1 Å². The Morgan fingerprint density at radius 3 is 2.48 bits per heavy atom. The largest absolute Gasteiger partial charge is 0.493 e. The van der Waals surface area contributed by atoms with Crippen molar-refractivity contribution in [3.63, 3.8) is 0 Å². The van der Waals surface area contributed by atoms with Crippen LogP contribution < -0.4 is 14.8 Å². The number of thiophene rings is 1. The second kappa shape index (κ2) is 8.97. The van der Waals surface area contributed by atoms with E-state index in [-0.39, 0.29) is 17.7 Å². The van der Waals surface area contributed by atoms with Crippen LogP contribution in [-0.4, -0.2) is 44.0 Å². The molecule has 0 bridgehead atoms. The van der Waals surface area contributed by atoms with E-state index in [0.717, 1.165) is 11.1 Å². The molecule has 8 heteroatoms. The molecular formula is C21H23N3O4S. The number of benzene rings is 1. The molecule has 0 saturated carbocycles. The Morgan fingerprint density at radius 1 is 1.21 bits per heavy atom. The molecule has 29 heavy (non-hydrogen) atoms. The number of nitrogens with one attached hydrogen (secondary N) is 1. The Labute approximate surface area is 173 Å². The third-order valence-corrected chi connectivity index (χ3v) is 6.04. The number of nitriles is 1. The molecule has 1 aromatic heterocycles. The summed E-state index contributed by atoms with van der Waals surface area (Å²) >= 11 is 1.33. The Morgan fingerprint density at radius 2 is 1.90 bits per heavy atom. The van der Waals surface area contributed by atoms with Gasteiger partial charge in [0.25, 0.3) is 0 Å². The van der Waals surface area contributed by atoms with Gasteiger partial charge in [-0.1, -0.05) is 6.07 Å². The zero-order chi connectivity index (χ0) is 21.0. The predicted octanol–water partition coefficient (Wildman–Crippen LogP) is 3.50. The summed E-state index contributed by atoms with van der Waals surface area (Å²) in [6.07, 6.45) is 1.25. The van der Waals surface area contributed by atoms with E-state index in [4.69, 9.17) is 9.47 Å². The molecule has 1 aromatic carbocycles. The SMILES string of the molecule is COc1ccc(-c2csc(NC(=O)C3CCN(C(C)=O)CC3)c2C#N)cc1OC. The lowest BCUT2D eigenvalue weighted by atomic mass is 9.96. The summed E-state index contributed by atoms with van der Waals surface area (Å²) in [5, 5.41) is 15.0. The van der Waals surface area contributed by atoms with Crippen LogP contribution in [-0.2, 0) is 9.59 Å². The molecule has 2 amide bonds. The molecule has 0 spiro atoms. The Kier molecular flexibility index (Phi) is 6.39. The maximum atomic E-state index is 12.7. The minimum atomic E-state index is -0.163. The number of anilines is 1. The zero-order valence-electron chi connectivity index (χ0n) is 16.7. The van der Waals surface area contributed by atoms with Gasteiger partial charge in [-0.2, -0.15) is 5.26 Å². The quantitative estimate of drug-likeness (QED) is 0.810. The molecule has 0 unspecified atom stereocenters. The Bertz CT molecular complexity index is 955. The number of likely N-dealkylation sites (tertiary alicyclic amines) is 1. The first-order chi connectivity index (χ1) is 14.0. The minimum Gasteiger partial charge on any atom is -0.493 e. The smallest absolute Gasteiger partial charge is 0.228 e. The molecular weight excluding hydrogens is 390 g/mol. The van der Waals surface area contributed by atoms with Gasteiger partial charge in [0, 0.05) is 36.9 Å². The van der Waals surface area contributed by atoms with Crippen LogP contribution in [0, 0.1) is 17.2 Å². The van der Waals surface area contributed by atoms with Gasteiger partial charge < -0.3 is 19.7 Å². The van der Waals surface area contributed by atoms with E-state index >= 15 is 0 Å². The number of nitrogens with zero attached hydrogens (tertiary/aromatic N) is 2. The Hall–Kier alpha value is -3.05. The highest BCUT2D eigenvalue weighted by atomic mass is 32.1. The third kappa shape index (κ3) is 4.35. The molecule has 0 radical (unpaired) electrons. The van der Waals surface area contributed by atoms with Gasteiger partial charge in [-0.25, -0.2) is 0 Å². The van der Waals surface area contributed by atoms with Gasteiger partial charge in [0.05, 0.1) is 19.8 Å². The molecule has 0 atom stereocenters. The molecule has 1 aliphatic rings. The van der Waals surface area contributed by atoms with E-state index in [1.165, 1.54) is 11.3 Å². The van der Waals surface area contributed by atoms with Gasteiger partial charge in [0.15, 0.2) is 11.5 Å². The maximum absolute atomic E-state index is 12.7. The highest BCUT2D eigenvalue weighted by Crippen LogP contribution is 2.39. The van der Waals surface area contributed by atoms with Crippen molar-refractivity contribution < 1.29 is 19.1 Å². The summed E-state index contributed by atoms with van der Waals surface area (Å²) in [4.78, 5) is 25.9. The number of hydrogen-bond donors (Lipinski definition) is 1. The Balaban J connectivity index is 1.78. The van der Waals surface area contributed by atoms with Crippen molar-refractivity contribution in [1.82, 2.24) is 4.90 Å². The van der Waals surface area contributed by atoms with E-state index in [9.17, 15) is 14.9 Å². The molecule has 152 valence electrons. The fourth-order valence-corrected chi connectivity index (χ4v) is 4.37. The lowest BCUT2D eigenvalue weighted by Crippen LogP contribution is -2.40. The van der Waals surface area contributed by atoms with Crippen LogP contribution in [0.5, 0.6) is 11.5 Å². The molecule has 1 saturated heterocycles. The van der Waals surface area contributed by atoms with Crippen molar-refractivity contribution in [2.45, 2.75) is 19.8 Å². The minimum absolute atomic E-state index is 0.0356. The highest BCUT2D eigenvalue weighted by Gasteiger charge is 2.27. The third-order valence-electron chi connectivity index (χ3n) is 5.15. The van der Waals surface area contributed by atoms with Crippen LogP contribution in [0.4, 0.5) is 5.00 Å². The summed E-state index contributed by atoms with van der Waals surface area (Å²) in [6, 6.07) is 7.66. The first-order valence-corrected chi connectivity index (χ1v) is 10.2. The predicted molar refractivity (Wildman–Crippen MR) is 111 cm³/mol. The molecule has 7 nitrogen and oxygen atoms in total. The number of amides is 2. The average Bonchev–Trinajstić information content (AvgIpc) is 3.15. The van der Waals surface area contributed by atoms with Gasteiger partial charge in [-0.3, -0.25) is 9.59 Å². The number of ether oxygens (including phenoxy) is 2. The number of rotatable bonds is 5. The van der Waals surface area contributed by atoms with Gasteiger partial charge in [-0.15, -0.1) is 11.3 Å². The van der Waals surface area contributed by atoms with Crippen LogP contribution in [0.25, 0.3) is 11.1 Å². The molecule has 2 heterocycles. The molecule has 1 fully saturated rings. The first kappa shape index (κ1) is 20.7. The van der Waals surface area contributed by atoms with Crippen LogP contribution in [0.15, 0.2) is 23.6 Å². The fourth-order valence-electron chi connectivity index (χ4n) is 3.45. The van der Waals surface area contributed by atoms with Crippen LogP contribution in [0.2, 0.25) is 0 Å². The summed E-state index contributed by atoms with van der Waals surface area (Å²) in [6.45, 7) is 2.71. The number of carbonyl (C=O) groups is 2. The van der Waals surface area contributed by atoms with Crippen LogP contribution in [0.3, 0.4) is 0 Å². The number of carbonyl (C=O) groups excluding carboxylic acids is 2. The van der Waals surface area contributed by atoms with Crippen LogP contribution >= 0.6 is 11.3 Å². The molecule has 2 aromatic rings. The second-order valence-electron chi connectivity index (χ2n) is 6.80. The number of piperidine rings is 1. The summed E-state index contributed by atoms with van der Waals surface area (Å²) in [7, 11) is 3.13. The molecule has 0 aliphatic carbocycles.